The second kappa shape index (κ2) is 4.17. The normalized spacial score (nSPS) is 14.5. The third-order valence-corrected chi connectivity index (χ3v) is 2.82. The van der Waals surface area contributed by atoms with Gasteiger partial charge < -0.3 is 9.42 Å². The Morgan fingerprint density at radius 3 is 2.94 bits per heavy atom. The minimum atomic E-state index is -0.250. The van der Waals surface area contributed by atoms with Gasteiger partial charge in [-0.3, -0.25) is 9.78 Å². The Balaban J connectivity index is 1.83. The molecule has 0 saturated heterocycles. The van der Waals surface area contributed by atoms with Crippen molar-refractivity contribution in [2.75, 3.05) is 7.05 Å². The first-order chi connectivity index (χ1) is 8.75. The van der Waals surface area contributed by atoms with Crippen LogP contribution in [0.2, 0.25) is 0 Å². The Hall–Kier alpha value is -2.31. The van der Waals surface area contributed by atoms with Gasteiger partial charge in [0.2, 0.25) is 5.82 Å². The zero-order valence-electron chi connectivity index (χ0n) is 9.78. The standard InChI is InChI=1S/C11H11N5O2/c1-16(7-2-3-7)11(17)10-14-9(15-18-10)8-6-12-4-5-13-8/h4-7H,2-3H2,1H3. The maximum Gasteiger partial charge on any atom is 0.316 e. The van der Waals surface area contributed by atoms with E-state index in [1.165, 1.54) is 12.4 Å². The lowest BCUT2D eigenvalue weighted by Crippen LogP contribution is -2.28. The molecule has 2 aromatic rings. The van der Waals surface area contributed by atoms with Crippen LogP contribution in [0.1, 0.15) is 23.5 Å². The van der Waals surface area contributed by atoms with Crippen molar-refractivity contribution in [1.29, 1.82) is 0 Å². The SMILES string of the molecule is CN(C(=O)c1nc(-c2cnccn2)no1)C1CC1. The van der Waals surface area contributed by atoms with Gasteiger partial charge in [-0.1, -0.05) is 5.16 Å². The molecular formula is C11H11N5O2. The number of rotatable bonds is 3. The van der Waals surface area contributed by atoms with Crippen LogP contribution in [0.15, 0.2) is 23.1 Å². The van der Waals surface area contributed by atoms with Gasteiger partial charge in [0.05, 0.1) is 6.20 Å². The zero-order valence-corrected chi connectivity index (χ0v) is 9.78. The van der Waals surface area contributed by atoms with Crippen molar-refractivity contribution < 1.29 is 9.32 Å². The fourth-order valence-corrected chi connectivity index (χ4v) is 1.61. The molecule has 0 aromatic carbocycles. The maximum absolute atomic E-state index is 12.0. The summed E-state index contributed by atoms with van der Waals surface area (Å²) < 4.78 is 4.96. The molecule has 7 heteroatoms. The van der Waals surface area contributed by atoms with Crippen LogP contribution >= 0.6 is 0 Å². The largest absolute Gasteiger partial charge is 0.335 e. The number of carbonyl (C=O) groups excluding carboxylic acids is 1. The van der Waals surface area contributed by atoms with Crippen molar-refractivity contribution in [3.8, 4) is 11.5 Å². The molecule has 1 aliphatic carbocycles. The number of carbonyl (C=O) groups is 1. The van der Waals surface area contributed by atoms with E-state index in [0.717, 1.165) is 12.8 Å². The van der Waals surface area contributed by atoms with Crippen LogP contribution in [-0.2, 0) is 0 Å². The van der Waals surface area contributed by atoms with E-state index in [9.17, 15) is 4.79 Å². The van der Waals surface area contributed by atoms with E-state index < -0.39 is 0 Å². The third-order valence-electron chi connectivity index (χ3n) is 2.82. The molecule has 0 bridgehead atoms. The van der Waals surface area contributed by atoms with Crippen LogP contribution in [-0.4, -0.2) is 44.0 Å². The molecule has 0 spiro atoms. The number of amides is 1. The van der Waals surface area contributed by atoms with Gasteiger partial charge in [-0.2, -0.15) is 4.98 Å². The Morgan fingerprint density at radius 1 is 1.44 bits per heavy atom. The number of aromatic nitrogens is 4. The number of hydrogen-bond donors (Lipinski definition) is 0. The fraction of sp³-hybridized carbons (Fsp3) is 0.364. The van der Waals surface area contributed by atoms with Crippen LogP contribution in [0.25, 0.3) is 11.5 Å². The Labute approximate surface area is 103 Å². The molecule has 18 heavy (non-hydrogen) atoms. The second-order valence-corrected chi connectivity index (χ2v) is 4.16. The molecule has 92 valence electrons. The van der Waals surface area contributed by atoms with Gasteiger partial charge >= 0.3 is 11.8 Å². The van der Waals surface area contributed by atoms with Crippen LogP contribution in [0.3, 0.4) is 0 Å². The van der Waals surface area contributed by atoms with Gasteiger partial charge in [-0.05, 0) is 12.8 Å². The number of nitrogens with zero attached hydrogens (tertiary/aromatic N) is 5. The molecule has 1 aliphatic rings. The first-order valence-corrected chi connectivity index (χ1v) is 5.63. The quantitative estimate of drug-likeness (QED) is 0.793. The molecule has 7 nitrogen and oxygen atoms in total. The molecule has 0 aliphatic heterocycles. The highest BCUT2D eigenvalue weighted by atomic mass is 16.5. The van der Waals surface area contributed by atoms with Crippen LogP contribution < -0.4 is 0 Å². The Bertz CT molecular complexity index is 564. The average Bonchev–Trinajstić information content (AvgIpc) is 3.15. The van der Waals surface area contributed by atoms with E-state index in [0.29, 0.717) is 11.7 Å². The van der Waals surface area contributed by atoms with E-state index >= 15 is 0 Å². The summed E-state index contributed by atoms with van der Waals surface area (Å²) in [6, 6.07) is 0.310. The van der Waals surface area contributed by atoms with Crippen molar-refractivity contribution in [3.05, 3.63) is 24.5 Å². The molecule has 0 radical (unpaired) electrons. The van der Waals surface area contributed by atoms with Crippen molar-refractivity contribution >= 4 is 5.91 Å². The number of hydrogen-bond acceptors (Lipinski definition) is 6. The predicted molar refractivity (Wildman–Crippen MR) is 60.4 cm³/mol. The summed E-state index contributed by atoms with van der Waals surface area (Å²) in [4.78, 5) is 25.6. The van der Waals surface area contributed by atoms with E-state index in [-0.39, 0.29) is 17.6 Å². The topological polar surface area (TPSA) is 85.0 Å². The van der Waals surface area contributed by atoms with Crippen LogP contribution in [0.4, 0.5) is 0 Å². The van der Waals surface area contributed by atoms with Gasteiger partial charge in [0, 0.05) is 25.5 Å². The van der Waals surface area contributed by atoms with Gasteiger partial charge in [0.25, 0.3) is 0 Å². The highest BCUT2D eigenvalue weighted by molar-refractivity contribution is 5.90. The highest BCUT2D eigenvalue weighted by Gasteiger charge is 2.32. The van der Waals surface area contributed by atoms with Gasteiger partial charge in [0.15, 0.2) is 0 Å². The second-order valence-electron chi connectivity index (χ2n) is 4.16. The molecule has 0 N–H and O–H groups in total. The maximum atomic E-state index is 12.0. The third kappa shape index (κ3) is 1.94. The molecule has 2 heterocycles. The van der Waals surface area contributed by atoms with E-state index in [1.54, 1.807) is 18.1 Å². The summed E-state index contributed by atoms with van der Waals surface area (Å²) in [6.45, 7) is 0. The van der Waals surface area contributed by atoms with Crippen LogP contribution in [0.5, 0.6) is 0 Å². The molecule has 1 amide bonds. The highest BCUT2D eigenvalue weighted by Crippen LogP contribution is 2.26. The summed E-state index contributed by atoms with van der Waals surface area (Å²) in [5.74, 6) is 0.0147. The van der Waals surface area contributed by atoms with Crippen molar-refractivity contribution in [3.63, 3.8) is 0 Å². The summed E-state index contributed by atoms with van der Waals surface area (Å²) in [7, 11) is 1.74. The van der Waals surface area contributed by atoms with Gasteiger partial charge in [-0.15, -0.1) is 0 Å². The van der Waals surface area contributed by atoms with Gasteiger partial charge in [-0.25, -0.2) is 4.98 Å². The minimum absolute atomic E-state index is 0.00921. The van der Waals surface area contributed by atoms with E-state index in [1.807, 2.05) is 0 Å². The molecule has 1 fully saturated rings. The summed E-state index contributed by atoms with van der Waals surface area (Å²) in [5, 5.41) is 3.73. The zero-order chi connectivity index (χ0) is 12.5. The summed E-state index contributed by atoms with van der Waals surface area (Å²) in [6.07, 6.45) is 6.67. The molecular weight excluding hydrogens is 234 g/mol. The first kappa shape index (κ1) is 10.8. The summed E-state index contributed by atoms with van der Waals surface area (Å²) >= 11 is 0. The summed E-state index contributed by atoms with van der Waals surface area (Å²) in [5.41, 5.74) is 0.481. The lowest BCUT2D eigenvalue weighted by molar-refractivity contribution is 0.0735. The van der Waals surface area contributed by atoms with Crippen LogP contribution in [0, 0.1) is 0 Å². The fourth-order valence-electron chi connectivity index (χ4n) is 1.61. The Morgan fingerprint density at radius 2 is 2.28 bits per heavy atom. The molecule has 0 unspecified atom stereocenters. The molecule has 3 rings (SSSR count). The Kier molecular flexibility index (Phi) is 2.51. The molecule has 2 aromatic heterocycles. The predicted octanol–water partition coefficient (Wildman–Crippen LogP) is 0.761. The average molecular weight is 245 g/mol. The minimum Gasteiger partial charge on any atom is -0.335 e. The van der Waals surface area contributed by atoms with Crippen molar-refractivity contribution in [2.24, 2.45) is 0 Å². The first-order valence-electron chi connectivity index (χ1n) is 5.63. The van der Waals surface area contributed by atoms with Crippen molar-refractivity contribution in [1.82, 2.24) is 25.0 Å². The van der Waals surface area contributed by atoms with Crippen molar-refractivity contribution in [2.45, 2.75) is 18.9 Å². The smallest absolute Gasteiger partial charge is 0.316 e. The lowest BCUT2D eigenvalue weighted by Gasteiger charge is -2.12. The molecule has 0 atom stereocenters. The van der Waals surface area contributed by atoms with Gasteiger partial charge in [0.1, 0.15) is 5.69 Å². The van der Waals surface area contributed by atoms with E-state index in [2.05, 4.69) is 20.1 Å². The lowest BCUT2D eigenvalue weighted by atomic mass is 10.4. The molecule has 1 saturated carbocycles. The monoisotopic (exact) mass is 245 g/mol. The van der Waals surface area contributed by atoms with E-state index in [4.69, 9.17) is 4.52 Å².